The summed E-state index contributed by atoms with van der Waals surface area (Å²) in [4.78, 5) is 0. The third kappa shape index (κ3) is 3.93. The maximum absolute atomic E-state index is 5.96. The summed E-state index contributed by atoms with van der Waals surface area (Å²) in [7, 11) is 0. The Morgan fingerprint density at radius 2 is 1.91 bits per heavy atom. The average molecular weight is 313 g/mol. The molecule has 3 aromatic rings. The highest BCUT2D eigenvalue weighted by molar-refractivity contribution is 6.30. The molecule has 0 bridgehead atoms. The van der Waals surface area contributed by atoms with Gasteiger partial charge in [0.25, 0.3) is 0 Å². The molecule has 3 rings (SSSR count). The molecule has 0 atom stereocenters. The van der Waals surface area contributed by atoms with Crippen LogP contribution in [-0.4, -0.2) is 21.1 Å². The van der Waals surface area contributed by atoms with Crippen LogP contribution in [0.25, 0.3) is 0 Å². The van der Waals surface area contributed by atoms with Gasteiger partial charge in [-0.3, -0.25) is 0 Å². The molecule has 6 heteroatoms. The molecule has 0 fully saturated rings. The van der Waals surface area contributed by atoms with E-state index in [1.807, 2.05) is 48.5 Å². The van der Waals surface area contributed by atoms with Gasteiger partial charge in [0.2, 0.25) is 0 Å². The molecule has 1 heterocycles. The fourth-order valence-electron chi connectivity index (χ4n) is 1.87. The summed E-state index contributed by atoms with van der Waals surface area (Å²) >= 11 is 5.96. The van der Waals surface area contributed by atoms with Gasteiger partial charge in [0.05, 0.1) is 6.21 Å². The standard InChI is InChI=1S/C16H13ClN4O/c17-15-5-1-4-14(7-15)10-22-16-6-2-3-13(8-16)9-20-21-11-18-19-12-21/h1-9,11-12H,10H2/b20-9+. The Balaban J connectivity index is 1.66. The van der Waals surface area contributed by atoms with Crippen molar-refractivity contribution >= 4 is 17.8 Å². The highest BCUT2D eigenvalue weighted by atomic mass is 35.5. The van der Waals surface area contributed by atoms with Crippen LogP contribution in [-0.2, 0) is 6.61 Å². The maximum Gasteiger partial charge on any atom is 0.141 e. The van der Waals surface area contributed by atoms with Crippen molar-refractivity contribution in [3.63, 3.8) is 0 Å². The number of hydrogen-bond donors (Lipinski definition) is 0. The van der Waals surface area contributed by atoms with Crippen LogP contribution >= 0.6 is 11.6 Å². The number of ether oxygens (including phenoxy) is 1. The zero-order chi connectivity index (χ0) is 15.2. The maximum atomic E-state index is 5.96. The smallest absolute Gasteiger partial charge is 0.141 e. The first-order valence-corrected chi connectivity index (χ1v) is 7.04. The molecule has 0 saturated heterocycles. The molecular formula is C16H13ClN4O. The van der Waals surface area contributed by atoms with Gasteiger partial charge < -0.3 is 4.74 Å². The number of nitrogens with zero attached hydrogens (tertiary/aromatic N) is 4. The van der Waals surface area contributed by atoms with Crippen molar-refractivity contribution in [1.82, 2.24) is 14.9 Å². The number of halogens is 1. The quantitative estimate of drug-likeness (QED) is 0.679. The van der Waals surface area contributed by atoms with Gasteiger partial charge in [0.15, 0.2) is 0 Å². The number of aromatic nitrogens is 3. The predicted octanol–water partition coefficient (Wildman–Crippen LogP) is 3.39. The van der Waals surface area contributed by atoms with E-state index >= 15 is 0 Å². The first kappa shape index (κ1) is 14.3. The van der Waals surface area contributed by atoms with Crippen molar-refractivity contribution in [2.75, 3.05) is 0 Å². The lowest BCUT2D eigenvalue weighted by molar-refractivity contribution is 0.306. The number of hydrogen-bond acceptors (Lipinski definition) is 4. The molecule has 110 valence electrons. The van der Waals surface area contributed by atoms with Crippen molar-refractivity contribution in [2.24, 2.45) is 5.10 Å². The van der Waals surface area contributed by atoms with E-state index in [4.69, 9.17) is 16.3 Å². The van der Waals surface area contributed by atoms with Crippen molar-refractivity contribution in [1.29, 1.82) is 0 Å². The molecule has 0 aliphatic heterocycles. The van der Waals surface area contributed by atoms with Crippen molar-refractivity contribution in [3.05, 3.63) is 77.3 Å². The summed E-state index contributed by atoms with van der Waals surface area (Å²) in [6, 6.07) is 15.3. The molecular weight excluding hydrogens is 300 g/mol. The van der Waals surface area contributed by atoms with E-state index in [2.05, 4.69) is 15.3 Å². The van der Waals surface area contributed by atoms with Gasteiger partial charge in [-0.25, -0.2) is 4.68 Å². The summed E-state index contributed by atoms with van der Waals surface area (Å²) in [5.74, 6) is 0.771. The highest BCUT2D eigenvalue weighted by Crippen LogP contribution is 2.16. The fourth-order valence-corrected chi connectivity index (χ4v) is 2.08. The summed E-state index contributed by atoms with van der Waals surface area (Å²) in [5, 5.41) is 12.3. The second-order valence-corrected chi connectivity index (χ2v) is 5.01. The highest BCUT2D eigenvalue weighted by Gasteiger charge is 1.98. The first-order valence-electron chi connectivity index (χ1n) is 6.66. The van der Waals surface area contributed by atoms with Crippen molar-refractivity contribution in [3.8, 4) is 5.75 Å². The molecule has 0 aliphatic carbocycles. The van der Waals surface area contributed by atoms with Gasteiger partial charge in [-0.05, 0) is 35.4 Å². The average Bonchev–Trinajstić information content (AvgIpc) is 3.05. The van der Waals surface area contributed by atoms with Gasteiger partial charge in [0, 0.05) is 5.02 Å². The van der Waals surface area contributed by atoms with Crippen LogP contribution in [0.3, 0.4) is 0 Å². The van der Waals surface area contributed by atoms with E-state index in [9.17, 15) is 0 Å². The fraction of sp³-hybridized carbons (Fsp3) is 0.0625. The molecule has 0 radical (unpaired) electrons. The largest absolute Gasteiger partial charge is 0.489 e. The minimum atomic E-state index is 0.465. The van der Waals surface area contributed by atoms with Crippen LogP contribution in [0.15, 0.2) is 66.3 Å². The molecule has 5 nitrogen and oxygen atoms in total. The molecule has 2 aromatic carbocycles. The van der Waals surface area contributed by atoms with E-state index in [1.165, 1.54) is 17.3 Å². The summed E-state index contributed by atoms with van der Waals surface area (Å²) in [6.07, 6.45) is 4.77. The normalized spacial score (nSPS) is 11.0. The van der Waals surface area contributed by atoms with Gasteiger partial charge in [-0.1, -0.05) is 35.9 Å². The third-order valence-electron chi connectivity index (χ3n) is 2.90. The molecule has 0 spiro atoms. The topological polar surface area (TPSA) is 52.3 Å². The Kier molecular flexibility index (Phi) is 4.46. The van der Waals surface area contributed by atoms with Gasteiger partial charge >= 0.3 is 0 Å². The molecule has 0 amide bonds. The van der Waals surface area contributed by atoms with Crippen LogP contribution in [0.1, 0.15) is 11.1 Å². The molecule has 0 N–H and O–H groups in total. The van der Waals surface area contributed by atoms with Crippen LogP contribution < -0.4 is 4.74 Å². The lowest BCUT2D eigenvalue weighted by Gasteiger charge is -2.07. The monoisotopic (exact) mass is 312 g/mol. The SMILES string of the molecule is Clc1cccc(COc2cccc(/C=N/n3cnnc3)c2)c1. The van der Waals surface area contributed by atoms with Crippen LogP contribution in [0.2, 0.25) is 5.02 Å². The zero-order valence-electron chi connectivity index (χ0n) is 11.6. The molecule has 22 heavy (non-hydrogen) atoms. The van der Waals surface area contributed by atoms with E-state index in [1.54, 1.807) is 6.21 Å². The molecule has 0 unspecified atom stereocenters. The Bertz CT molecular complexity index is 771. The number of benzene rings is 2. The molecule has 0 aliphatic rings. The summed E-state index contributed by atoms with van der Waals surface area (Å²) in [5.41, 5.74) is 1.95. The Morgan fingerprint density at radius 1 is 1.09 bits per heavy atom. The van der Waals surface area contributed by atoms with Crippen LogP contribution in [0, 0.1) is 0 Å². The van der Waals surface area contributed by atoms with Crippen molar-refractivity contribution in [2.45, 2.75) is 6.61 Å². The Morgan fingerprint density at radius 3 is 2.73 bits per heavy atom. The van der Waals surface area contributed by atoms with E-state index in [0.717, 1.165) is 16.9 Å². The van der Waals surface area contributed by atoms with Gasteiger partial charge in [0.1, 0.15) is 25.0 Å². The summed E-state index contributed by atoms with van der Waals surface area (Å²) < 4.78 is 7.30. The minimum absolute atomic E-state index is 0.465. The predicted molar refractivity (Wildman–Crippen MR) is 85.2 cm³/mol. The molecule has 0 saturated carbocycles. The van der Waals surface area contributed by atoms with Crippen LogP contribution in [0.5, 0.6) is 5.75 Å². The van der Waals surface area contributed by atoms with E-state index < -0.39 is 0 Å². The van der Waals surface area contributed by atoms with Gasteiger partial charge in [-0.2, -0.15) is 5.10 Å². The van der Waals surface area contributed by atoms with Gasteiger partial charge in [-0.15, -0.1) is 10.2 Å². The third-order valence-corrected chi connectivity index (χ3v) is 3.13. The van der Waals surface area contributed by atoms with Crippen molar-refractivity contribution < 1.29 is 4.74 Å². The lowest BCUT2D eigenvalue weighted by Crippen LogP contribution is -1.96. The Hall–Kier alpha value is -2.66. The second-order valence-electron chi connectivity index (χ2n) is 4.58. The summed E-state index contributed by atoms with van der Waals surface area (Å²) in [6.45, 7) is 0.465. The van der Waals surface area contributed by atoms with Crippen LogP contribution in [0.4, 0.5) is 0 Å². The molecule has 1 aromatic heterocycles. The van der Waals surface area contributed by atoms with E-state index in [-0.39, 0.29) is 0 Å². The lowest BCUT2D eigenvalue weighted by atomic mass is 10.2. The first-order chi connectivity index (χ1) is 10.8. The zero-order valence-corrected chi connectivity index (χ0v) is 12.4. The van der Waals surface area contributed by atoms with E-state index in [0.29, 0.717) is 11.6 Å². The second kappa shape index (κ2) is 6.87. The number of rotatable bonds is 5. The minimum Gasteiger partial charge on any atom is -0.489 e. The Labute approximate surface area is 132 Å².